The number of ether oxygens (including phenoxy) is 2. The zero-order chi connectivity index (χ0) is 23.4. The number of hydrogen-bond donors (Lipinski definition) is 2. The predicted molar refractivity (Wildman–Crippen MR) is 126 cm³/mol. The Morgan fingerprint density at radius 1 is 1.12 bits per heavy atom. The largest absolute Gasteiger partial charge is 0.493 e. The van der Waals surface area contributed by atoms with Gasteiger partial charge < -0.3 is 20.1 Å². The van der Waals surface area contributed by atoms with Gasteiger partial charge in [-0.3, -0.25) is 9.59 Å². The standard InChI is InChI=1S/C25H28N4O4/c1-4-18-23(17-10-11-20(32-2)21(14-17)33-3)24-27-25(31)19(29(24)28-18)15-22(30)26-13-12-16-8-6-5-7-9-16/h5-11,14,19H,4,12-13,15H2,1-3H3,(H,26,30)(H,27,31). The molecule has 8 nitrogen and oxygen atoms in total. The molecule has 0 radical (unpaired) electrons. The highest BCUT2D eigenvalue weighted by molar-refractivity contribution is 6.03. The van der Waals surface area contributed by atoms with Crippen molar-refractivity contribution in [1.82, 2.24) is 15.1 Å². The van der Waals surface area contributed by atoms with Crippen LogP contribution in [0.4, 0.5) is 5.82 Å². The maximum absolute atomic E-state index is 12.7. The lowest BCUT2D eigenvalue weighted by Crippen LogP contribution is -2.30. The van der Waals surface area contributed by atoms with Crippen molar-refractivity contribution in [3.8, 4) is 22.6 Å². The van der Waals surface area contributed by atoms with E-state index in [1.165, 1.54) is 0 Å². The Morgan fingerprint density at radius 3 is 2.58 bits per heavy atom. The Kier molecular flexibility index (Phi) is 6.63. The van der Waals surface area contributed by atoms with Gasteiger partial charge in [-0.2, -0.15) is 5.10 Å². The highest BCUT2D eigenvalue weighted by Crippen LogP contribution is 2.41. The highest BCUT2D eigenvalue weighted by Gasteiger charge is 2.36. The number of carbonyl (C=O) groups excluding carboxylic acids is 2. The molecule has 0 bridgehead atoms. The number of methoxy groups -OCH3 is 2. The van der Waals surface area contributed by atoms with Gasteiger partial charge in [0.25, 0.3) is 5.91 Å². The number of aromatic nitrogens is 2. The van der Waals surface area contributed by atoms with Crippen LogP contribution in [0.25, 0.3) is 11.1 Å². The van der Waals surface area contributed by atoms with Gasteiger partial charge in [0, 0.05) is 12.1 Å². The molecule has 8 heteroatoms. The van der Waals surface area contributed by atoms with Crippen molar-refractivity contribution < 1.29 is 19.1 Å². The molecule has 172 valence electrons. The summed E-state index contributed by atoms with van der Waals surface area (Å²) in [5.41, 5.74) is 3.68. The first-order valence-corrected chi connectivity index (χ1v) is 11.0. The van der Waals surface area contributed by atoms with Gasteiger partial charge in [0.15, 0.2) is 11.5 Å². The quantitative estimate of drug-likeness (QED) is 0.523. The number of fused-ring (bicyclic) bond motifs is 1. The third kappa shape index (κ3) is 4.55. The Hall–Kier alpha value is -3.81. The topological polar surface area (TPSA) is 94.5 Å². The van der Waals surface area contributed by atoms with E-state index >= 15 is 0 Å². The fraction of sp³-hybridized carbons (Fsp3) is 0.320. The molecular formula is C25H28N4O4. The number of carbonyl (C=O) groups is 2. The van der Waals surface area contributed by atoms with Crippen LogP contribution < -0.4 is 20.1 Å². The molecule has 2 heterocycles. The van der Waals surface area contributed by atoms with Gasteiger partial charge in [0.2, 0.25) is 5.91 Å². The third-order valence-electron chi connectivity index (χ3n) is 5.79. The summed E-state index contributed by atoms with van der Waals surface area (Å²) in [6, 6.07) is 14.9. The van der Waals surface area contributed by atoms with Crippen LogP contribution in [0.2, 0.25) is 0 Å². The molecule has 0 saturated heterocycles. The number of rotatable bonds is 9. The average Bonchev–Trinajstić information content (AvgIpc) is 3.34. The predicted octanol–water partition coefficient (Wildman–Crippen LogP) is 3.37. The van der Waals surface area contributed by atoms with Crippen molar-refractivity contribution in [3.05, 3.63) is 59.8 Å². The number of aryl methyl sites for hydroxylation is 1. The summed E-state index contributed by atoms with van der Waals surface area (Å²) < 4.78 is 12.4. The number of nitrogens with one attached hydrogen (secondary N) is 2. The fourth-order valence-electron chi connectivity index (χ4n) is 4.10. The summed E-state index contributed by atoms with van der Waals surface area (Å²) in [5, 5.41) is 10.5. The number of anilines is 1. The summed E-state index contributed by atoms with van der Waals surface area (Å²) in [6.45, 7) is 2.52. The third-order valence-corrected chi connectivity index (χ3v) is 5.79. The van der Waals surface area contributed by atoms with E-state index in [0.29, 0.717) is 30.3 Å². The van der Waals surface area contributed by atoms with Gasteiger partial charge in [-0.15, -0.1) is 0 Å². The van der Waals surface area contributed by atoms with Crippen LogP contribution in [-0.2, 0) is 22.4 Å². The minimum absolute atomic E-state index is 0.0316. The number of benzene rings is 2. The smallest absolute Gasteiger partial charge is 0.251 e. The van der Waals surface area contributed by atoms with Crippen LogP contribution in [0.1, 0.15) is 30.6 Å². The molecule has 1 atom stereocenters. The summed E-state index contributed by atoms with van der Waals surface area (Å²) in [4.78, 5) is 25.3. The van der Waals surface area contributed by atoms with Crippen molar-refractivity contribution in [3.63, 3.8) is 0 Å². The molecule has 2 N–H and O–H groups in total. The van der Waals surface area contributed by atoms with Crippen molar-refractivity contribution in [1.29, 1.82) is 0 Å². The monoisotopic (exact) mass is 448 g/mol. The number of hydrogen-bond acceptors (Lipinski definition) is 5. The minimum atomic E-state index is -0.684. The number of nitrogens with zero attached hydrogens (tertiary/aromatic N) is 2. The molecule has 4 rings (SSSR count). The Morgan fingerprint density at radius 2 is 1.88 bits per heavy atom. The second-order valence-corrected chi connectivity index (χ2v) is 7.83. The number of amides is 2. The molecule has 2 amide bonds. The molecule has 1 aliphatic heterocycles. The molecular weight excluding hydrogens is 420 g/mol. The first-order valence-electron chi connectivity index (χ1n) is 11.0. The van der Waals surface area contributed by atoms with Crippen LogP contribution in [0.15, 0.2) is 48.5 Å². The van der Waals surface area contributed by atoms with Crippen LogP contribution in [-0.4, -0.2) is 42.4 Å². The molecule has 2 aromatic carbocycles. The van der Waals surface area contributed by atoms with E-state index < -0.39 is 6.04 Å². The van der Waals surface area contributed by atoms with Crippen LogP contribution in [0.5, 0.6) is 11.5 Å². The van der Waals surface area contributed by atoms with Gasteiger partial charge >= 0.3 is 0 Å². The molecule has 0 fully saturated rings. The second kappa shape index (κ2) is 9.77. The first-order chi connectivity index (χ1) is 16.0. The maximum Gasteiger partial charge on any atom is 0.251 e. The van der Waals surface area contributed by atoms with Crippen LogP contribution in [0, 0.1) is 0 Å². The van der Waals surface area contributed by atoms with Gasteiger partial charge in [-0.1, -0.05) is 43.3 Å². The van der Waals surface area contributed by atoms with E-state index in [2.05, 4.69) is 15.7 Å². The lowest BCUT2D eigenvalue weighted by atomic mass is 10.0. The summed E-state index contributed by atoms with van der Waals surface area (Å²) in [6.07, 6.45) is 1.44. The molecule has 0 saturated carbocycles. The molecule has 1 aliphatic rings. The van der Waals surface area contributed by atoms with Crippen molar-refractivity contribution in [2.75, 3.05) is 26.1 Å². The molecule has 33 heavy (non-hydrogen) atoms. The molecule has 0 spiro atoms. The van der Waals surface area contributed by atoms with Gasteiger partial charge in [-0.25, -0.2) is 4.68 Å². The van der Waals surface area contributed by atoms with Crippen LogP contribution >= 0.6 is 0 Å². The zero-order valence-electron chi connectivity index (χ0n) is 19.1. The van der Waals surface area contributed by atoms with Gasteiger partial charge in [0.1, 0.15) is 11.9 Å². The SMILES string of the molecule is CCc1nn2c(c1-c1ccc(OC)c(OC)c1)NC(=O)C2CC(=O)NCCc1ccccc1. The van der Waals surface area contributed by atoms with E-state index in [1.54, 1.807) is 18.9 Å². The average molecular weight is 449 g/mol. The van der Waals surface area contributed by atoms with Crippen molar-refractivity contribution >= 4 is 17.6 Å². The zero-order valence-corrected chi connectivity index (χ0v) is 19.1. The lowest BCUT2D eigenvalue weighted by Gasteiger charge is -2.10. The Balaban J connectivity index is 1.52. The summed E-state index contributed by atoms with van der Waals surface area (Å²) in [7, 11) is 3.17. The lowest BCUT2D eigenvalue weighted by molar-refractivity contribution is -0.126. The van der Waals surface area contributed by atoms with Gasteiger partial charge in [0.05, 0.1) is 26.3 Å². The van der Waals surface area contributed by atoms with Gasteiger partial charge in [-0.05, 0) is 36.1 Å². The maximum atomic E-state index is 12.7. The Bertz CT molecular complexity index is 1160. The molecule has 0 aliphatic carbocycles. The molecule has 1 aromatic heterocycles. The van der Waals surface area contributed by atoms with E-state index in [4.69, 9.17) is 9.47 Å². The van der Waals surface area contributed by atoms with Crippen LogP contribution in [0.3, 0.4) is 0 Å². The Labute approximate surface area is 192 Å². The summed E-state index contributed by atoms with van der Waals surface area (Å²) in [5.74, 6) is 1.40. The summed E-state index contributed by atoms with van der Waals surface area (Å²) >= 11 is 0. The van der Waals surface area contributed by atoms with Crippen molar-refractivity contribution in [2.45, 2.75) is 32.2 Å². The second-order valence-electron chi connectivity index (χ2n) is 7.83. The van der Waals surface area contributed by atoms with Crippen molar-refractivity contribution in [2.24, 2.45) is 0 Å². The molecule has 1 unspecified atom stereocenters. The van der Waals surface area contributed by atoms with E-state index in [0.717, 1.165) is 28.8 Å². The van der Waals surface area contributed by atoms with E-state index in [-0.39, 0.29) is 18.2 Å². The first kappa shape index (κ1) is 22.4. The minimum Gasteiger partial charge on any atom is -0.493 e. The van der Waals surface area contributed by atoms with E-state index in [1.807, 2.05) is 55.5 Å². The highest BCUT2D eigenvalue weighted by atomic mass is 16.5. The van der Waals surface area contributed by atoms with E-state index in [9.17, 15) is 9.59 Å². The fourth-order valence-corrected chi connectivity index (χ4v) is 4.10. The normalized spacial score (nSPS) is 14.5. The molecule has 3 aromatic rings.